The summed E-state index contributed by atoms with van der Waals surface area (Å²) < 4.78 is 0. The van der Waals surface area contributed by atoms with Crippen LogP contribution in [0.4, 0.5) is 0 Å². The van der Waals surface area contributed by atoms with Gasteiger partial charge in [0.05, 0.1) is 6.10 Å². The molecule has 1 N–H and O–H groups in total. The molecule has 1 rings (SSSR count). The molecule has 1 heteroatoms. The summed E-state index contributed by atoms with van der Waals surface area (Å²) in [5.74, 6) is 0.792. The van der Waals surface area contributed by atoms with Gasteiger partial charge in [0.2, 0.25) is 0 Å². The van der Waals surface area contributed by atoms with Crippen LogP contribution in [0.2, 0.25) is 0 Å². The molecule has 0 bridgehead atoms. The number of rotatable bonds is 0. The minimum atomic E-state index is 0. The first-order valence-electron chi connectivity index (χ1n) is 2.47. The average molecular weight is 102 g/mol. The van der Waals surface area contributed by atoms with Gasteiger partial charge >= 0.3 is 0 Å². The highest BCUT2D eigenvalue weighted by atomic mass is 16.3. The minimum Gasteiger partial charge on any atom is -0.393 e. The van der Waals surface area contributed by atoms with Gasteiger partial charge in [-0.25, -0.2) is 0 Å². The second-order valence-corrected chi connectivity index (χ2v) is 2.23. The lowest BCUT2D eigenvalue weighted by Crippen LogP contribution is -2.25. The third-order valence-corrected chi connectivity index (χ3v) is 1.35. The van der Waals surface area contributed by atoms with Gasteiger partial charge in [0, 0.05) is 0 Å². The zero-order valence-corrected chi connectivity index (χ0v) is 4.02. The van der Waals surface area contributed by atoms with Crippen molar-refractivity contribution in [3.63, 3.8) is 0 Å². The van der Waals surface area contributed by atoms with Crippen molar-refractivity contribution >= 4 is 0 Å². The smallest absolute Gasteiger partial charge is 0.0545 e. The Morgan fingerprint density at radius 1 is 1.43 bits per heavy atom. The maximum Gasteiger partial charge on any atom is 0.0545 e. The fraction of sp³-hybridized carbons (Fsp3) is 1.00. The highest BCUT2D eigenvalue weighted by molar-refractivity contribution is 4.73. The van der Waals surface area contributed by atoms with Crippen LogP contribution in [0.3, 0.4) is 0 Å². The molecule has 0 aliphatic heterocycles. The molecule has 1 aliphatic carbocycles. The molecule has 1 aliphatic rings. The molecule has 7 heavy (non-hydrogen) atoms. The highest BCUT2D eigenvalue weighted by Gasteiger charge is 2.21. The molecule has 0 aromatic carbocycles. The molecule has 0 aromatic rings. The Labute approximate surface area is 45.4 Å². The molecule has 0 radical (unpaired) electrons. The van der Waals surface area contributed by atoms with Crippen molar-refractivity contribution in [1.82, 2.24) is 0 Å². The number of hydrogen-bond donors (Lipinski definition) is 1. The van der Waals surface area contributed by atoms with Gasteiger partial charge in [-0.15, -0.1) is 0 Å². The molecular formula is C6H14O. The molecule has 0 atom stereocenters. The summed E-state index contributed by atoms with van der Waals surface area (Å²) in [6.45, 7) is 2.16. The summed E-state index contributed by atoms with van der Waals surface area (Å²) in [7, 11) is 0. The first kappa shape index (κ1) is 6.96. The van der Waals surface area contributed by atoms with Crippen LogP contribution in [0.15, 0.2) is 0 Å². The van der Waals surface area contributed by atoms with E-state index < -0.39 is 0 Å². The normalized spacial score (nSPS) is 38.6. The van der Waals surface area contributed by atoms with E-state index in [9.17, 15) is 0 Å². The lowest BCUT2D eigenvalue weighted by Gasteiger charge is -2.27. The summed E-state index contributed by atoms with van der Waals surface area (Å²) in [6.07, 6.45) is 2.10. The van der Waals surface area contributed by atoms with E-state index in [1.54, 1.807) is 0 Å². The Morgan fingerprint density at radius 3 is 1.86 bits per heavy atom. The number of hydrogen-bond acceptors (Lipinski definition) is 1. The van der Waals surface area contributed by atoms with Crippen molar-refractivity contribution in [3.05, 3.63) is 0 Å². The Bertz CT molecular complexity index is 40.1. The maximum atomic E-state index is 8.62. The summed E-state index contributed by atoms with van der Waals surface area (Å²) in [5, 5.41) is 8.62. The van der Waals surface area contributed by atoms with Crippen LogP contribution in [0.25, 0.3) is 0 Å². The Hall–Kier alpha value is -0.0400. The Kier molecular flexibility index (Phi) is 2.30. The van der Waals surface area contributed by atoms with Crippen molar-refractivity contribution in [2.75, 3.05) is 0 Å². The van der Waals surface area contributed by atoms with Gasteiger partial charge in [0.25, 0.3) is 0 Å². The molecule has 0 heterocycles. The monoisotopic (exact) mass is 102 g/mol. The van der Waals surface area contributed by atoms with Crippen LogP contribution < -0.4 is 0 Å². The molecule has 0 amide bonds. The third kappa shape index (κ3) is 1.48. The standard InChI is InChI=1S/C5H10O.CH4/c1-4-2-5(6)3-4;/h4-6H,2-3H2,1H3;1H4. The van der Waals surface area contributed by atoms with Crippen LogP contribution in [0, 0.1) is 5.92 Å². The second-order valence-electron chi connectivity index (χ2n) is 2.23. The van der Waals surface area contributed by atoms with Crippen molar-refractivity contribution in [2.45, 2.75) is 33.3 Å². The highest BCUT2D eigenvalue weighted by Crippen LogP contribution is 2.25. The van der Waals surface area contributed by atoms with Gasteiger partial charge in [-0.1, -0.05) is 14.4 Å². The van der Waals surface area contributed by atoms with E-state index in [0.29, 0.717) is 0 Å². The van der Waals surface area contributed by atoms with Crippen molar-refractivity contribution in [2.24, 2.45) is 5.92 Å². The topological polar surface area (TPSA) is 20.2 Å². The fourth-order valence-electron chi connectivity index (χ4n) is 0.860. The summed E-state index contributed by atoms with van der Waals surface area (Å²) in [6, 6.07) is 0. The fourth-order valence-corrected chi connectivity index (χ4v) is 0.860. The van der Waals surface area contributed by atoms with E-state index in [-0.39, 0.29) is 13.5 Å². The van der Waals surface area contributed by atoms with E-state index in [1.807, 2.05) is 0 Å². The van der Waals surface area contributed by atoms with Gasteiger partial charge in [-0.2, -0.15) is 0 Å². The summed E-state index contributed by atoms with van der Waals surface area (Å²) in [4.78, 5) is 0. The number of aliphatic hydroxyl groups is 1. The number of aliphatic hydroxyl groups excluding tert-OH is 1. The van der Waals surface area contributed by atoms with E-state index in [2.05, 4.69) is 6.92 Å². The van der Waals surface area contributed by atoms with Crippen molar-refractivity contribution in [1.29, 1.82) is 0 Å². The SMILES string of the molecule is C.CC1CC(O)C1. The van der Waals surface area contributed by atoms with E-state index in [1.165, 1.54) is 0 Å². The van der Waals surface area contributed by atoms with E-state index >= 15 is 0 Å². The van der Waals surface area contributed by atoms with Crippen LogP contribution in [0.5, 0.6) is 0 Å². The van der Waals surface area contributed by atoms with E-state index in [4.69, 9.17) is 5.11 Å². The molecular weight excluding hydrogens is 88.1 g/mol. The van der Waals surface area contributed by atoms with Crippen molar-refractivity contribution < 1.29 is 5.11 Å². The van der Waals surface area contributed by atoms with Gasteiger partial charge in [-0.05, 0) is 18.8 Å². The maximum absolute atomic E-state index is 8.62. The van der Waals surface area contributed by atoms with Crippen LogP contribution in [0.1, 0.15) is 27.2 Å². The zero-order chi connectivity index (χ0) is 4.57. The van der Waals surface area contributed by atoms with Gasteiger partial charge in [0.15, 0.2) is 0 Å². The largest absolute Gasteiger partial charge is 0.393 e. The predicted octanol–water partition coefficient (Wildman–Crippen LogP) is 1.41. The van der Waals surface area contributed by atoms with Gasteiger partial charge in [-0.3, -0.25) is 0 Å². The lowest BCUT2D eigenvalue weighted by molar-refractivity contribution is 0.0513. The third-order valence-electron chi connectivity index (χ3n) is 1.35. The first-order chi connectivity index (χ1) is 2.79. The first-order valence-corrected chi connectivity index (χ1v) is 2.47. The summed E-state index contributed by atoms with van der Waals surface area (Å²) in [5.41, 5.74) is 0. The van der Waals surface area contributed by atoms with Crippen molar-refractivity contribution in [3.8, 4) is 0 Å². The molecule has 0 saturated heterocycles. The second kappa shape index (κ2) is 2.31. The summed E-state index contributed by atoms with van der Waals surface area (Å²) >= 11 is 0. The average Bonchev–Trinajstić information content (AvgIpc) is 1.33. The van der Waals surface area contributed by atoms with Crippen LogP contribution in [-0.2, 0) is 0 Å². The lowest BCUT2D eigenvalue weighted by atomic mass is 9.84. The molecule has 1 nitrogen and oxygen atoms in total. The quantitative estimate of drug-likeness (QED) is 0.490. The Morgan fingerprint density at radius 2 is 1.86 bits per heavy atom. The Balaban J connectivity index is 0.000000360. The molecule has 1 fully saturated rings. The van der Waals surface area contributed by atoms with Gasteiger partial charge in [0.1, 0.15) is 0 Å². The zero-order valence-electron chi connectivity index (χ0n) is 4.02. The van der Waals surface area contributed by atoms with Crippen LogP contribution in [-0.4, -0.2) is 11.2 Å². The molecule has 0 spiro atoms. The molecule has 1 saturated carbocycles. The predicted molar refractivity (Wildman–Crippen MR) is 31.1 cm³/mol. The minimum absolute atomic E-state index is 0. The van der Waals surface area contributed by atoms with Gasteiger partial charge < -0.3 is 5.11 Å². The molecule has 0 unspecified atom stereocenters. The van der Waals surface area contributed by atoms with Crippen LogP contribution >= 0.6 is 0 Å². The van der Waals surface area contributed by atoms with E-state index in [0.717, 1.165) is 18.8 Å². The molecule has 44 valence electrons. The molecule has 0 aromatic heterocycles.